The van der Waals surface area contributed by atoms with Crippen molar-refractivity contribution in [1.82, 2.24) is 10.6 Å². The molecule has 0 heterocycles. The zero-order valence-corrected chi connectivity index (χ0v) is 19.8. The highest BCUT2D eigenvalue weighted by Gasteiger charge is 2.24. The first-order valence-electron chi connectivity index (χ1n) is 10.2. The molecule has 0 aliphatic heterocycles. The largest absolute Gasteiger partial charge is 0.480 e. The molecule has 2 aromatic rings. The number of benzene rings is 2. The fourth-order valence-electron chi connectivity index (χ4n) is 3.12. The van der Waals surface area contributed by atoms with Gasteiger partial charge in [0.1, 0.15) is 6.04 Å². The van der Waals surface area contributed by atoms with Gasteiger partial charge < -0.3 is 21.5 Å². The van der Waals surface area contributed by atoms with Gasteiger partial charge in [-0.2, -0.15) is 0 Å². The molecule has 0 saturated carbocycles. The maximum absolute atomic E-state index is 12.5. The number of hydrogen-bond donors (Lipinski definition) is 5. The Balaban J connectivity index is 1.92. The minimum Gasteiger partial charge on any atom is -0.480 e. The second-order valence-electron chi connectivity index (χ2n) is 7.63. The average Bonchev–Trinajstić information content (AvgIpc) is 2.73. The van der Waals surface area contributed by atoms with Crippen LogP contribution in [0.3, 0.4) is 0 Å². The normalized spacial score (nSPS) is 11.4. The molecule has 2 aromatic carbocycles. The number of nitrogens with two attached hydrogens (primary N) is 1. The van der Waals surface area contributed by atoms with E-state index in [9.17, 15) is 24.3 Å². The molecule has 0 aliphatic carbocycles. The quantitative estimate of drug-likeness (QED) is 0.232. The van der Waals surface area contributed by atoms with E-state index < -0.39 is 29.6 Å². The van der Waals surface area contributed by atoms with Gasteiger partial charge in [0, 0.05) is 18.4 Å². The summed E-state index contributed by atoms with van der Waals surface area (Å²) < 4.78 is 0. The van der Waals surface area contributed by atoms with Crippen molar-refractivity contribution < 1.29 is 24.3 Å². The highest BCUT2D eigenvalue weighted by molar-refractivity contribution is 6.39. The summed E-state index contributed by atoms with van der Waals surface area (Å²) in [5.41, 5.74) is 7.04. The van der Waals surface area contributed by atoms with Crippen LogP contribution >= 0.6 is 23.2 Å². The lowest BCUT2D eigenvalue weighted by molar-refractivity contribution is -0.139. The second-order valence-corrected chi connectivity index (χ2v) is 8.44. The Morgan fingerprint density at radius 3 is 2.32 bits per heavy atom. The number of carboxylic acid groups (broad SMARTS) is 1. The summed E-state index contributed by atoms with van der Waals surface area (Å²) >= 11 is 12.1. The number of halogens is 2. The van der Waals surface area contributed by atoms with E-state index >= 15 is 0 Å². The molecule has 2 rings (SSSR count). The van der Waals surface area contributed by atoms with Gasteiger partial charge in [-0.1, -0.05) is 35.3 Å². The molecule has 0 saturated heterocycles. The van der Waals surface area contributed by atoms with Crippen LogP contribution in [-0.2, 0) is 16.0 Å². The molecule has 11 heteroatoms. The Hall–Kier alpha value is -3.43. The number of carbonyl (C=O) groups is 4. The van der Waals surface area contributed by atoms with Gasteiger partial charge in [0.15, 0.2) is 5.78 Å². The molecule has 0 bridgehead atoms. The van der Waals surface area contributed by atoms with Crippen LogP contribution in [0.15, 0.2) is 36.4 Å². The van der Waals surface area contributed by atoms with E-state index in [1.165, 1.54) is 12.1 Å². The topological polar surface area (TPSA) is 162 Å². The maximum Gasteiger partial charge on any atom is 0.326 e. The van der Waals surface area contributed by atoms with Crippen molar-refractivity contribution in [3.8, 4) is 0 Å². The molecule has 1 atom stereocenters. The van der Waals surface area contributed by atoms with Gasteiger partial charge in [0.05, 0.1) is 28.0 Å². The molecule has 0 fully saturated rings. The highest BCUT2D eigenvalue weighted by atomic mass is 35.5. The lowest BCUT2D eigenvalue weighted by atomic mass is 10.1. The molecule has 0 aromatic heterocycles. The van der Waals surface area contributed by atoms with Crippen molar-refractivity contribution in [2.75, 3.05) is 6.54 Å². The molecule has 34 heavy (non-hydrogen) atoms. The number of aliphatic carboxylic acids is 1. The maximum atomic E-state index is 12.5. The van der Waals surface area contributed by atoms with Crippen LogP contribution in [0.1, 0.15) is 44.7 Å². The number of amides is 2. The van der Waals surface area contributed by atoms with E-state index in [4.69, 9.17) is 34.3 Å². The van der Waals surface area contributed by atoms with Crippen LogP contribution in [-0.4, -0.2) is 47.1 Å². The number of rotatable bonds is 11. The Labute approximate surface area is 206 Å². The smallest absolute Gasteiger partial charge is 0.326 e. The number of hydrogen-bond acceptors (Lipinski definition) is 5. The average molecular weight is 507 g/mol. The second kappa shape index (κ2) is 12.2. The zero-order chi connectivity index (χ0) is 25.4. The monoisotopic (exact) mass is 506 g/mol. The first kappa shape index (κ1) is 26.8. The summed E-state index contributed by atoms with van der Waals surface area (Å²) in [4.78, 5) is 48.6. The van der Waals surface area contributed by atoms with Crippen LogP contribution in [0.25, 0.3) is 0 Å². The Morgan fingerprint density at radius 1 is 1.09 bits per heavy atom. The van der Waals surface area contributed by atoms with Crippen molar-refractivity contribution in [2.24, 2.45) is 5.73 Å². The fourth-order valence-corrected chi connectivity index (χ4v) is 3.89. The third-order valence-corrected chi connectivity index (χ3v) is 5.35. The number of Topliss-reactive ketones (excluding diaryl/α,β-unsaturated/α-hetero) is 1. The molecule has 2 amide bonds. The standard InChI is InChI=1S/C23H24Cl2N4O5/c1-12-7-16(24)20(17(25)8-12)22(32)29-18(23(33)34)6-5-15(30)11-28-21(31)14-4-2-3-13(9-14)10-19(26)27/h2-4,7-9,18H,5-6,10-11H2,1H3,(H3,26,27)(H,28,31)(H,29,32)(H,33,34)/t18-/m0/s1. The fraction of sp³-hybridized carbons (Fsp3) is 0.261. The molecule has 0 spiro atoms. The minimum atomic E-state index is -1.36. The summed E-state index contributed by atoms with van der Waals surface area (Å²) in [5, 5.41) is 21.7. The first-order chi connectivity index (χ1) is 16.0. The Morgan fingerprint density at radius 2 is 1.74 bits per heavy atom. The van der Waals surface area contributed by atoms with E-state index in [1.807, 2.05) is 0 Å². The summed E-state index contributed by atoms with van der Waals surface area (Å²) in [7, 11) is 0. The molecular weight excluding hydrogens is 483 g/mol. The number of ketones is 1. The summed E-state index contributed by atoms with van der Waals surface area (Å²) in [5.74, 6) is -3.05. The Bertz CT molecular complexity index is 1110. The summed E-state index contributed by atoms with van der Waals surface area (Å²) in [6, 6.07) is 8.19. The van der Waals surface area contributed by atoms with Gasteiger partial charge in [-0.15, -0.1) is 0 Å². The van der Waals surface area contributed by atoms with Crippen LogP contribution in [0.5, 0.6) is 0 Å². The zero-order valence-electron chi connectivity index (χ0n) is 18.3. The number of aryl methyl sites for hydroxylation is 1. The molecule has 9 nitrogen and oxygen atoms in total. The molecule has 0 aliphatic rings. The first-order valence-corrected chi connectivity index (χ1v) is 10.9. The number of nitrogens with one attached hydrogen (secondary N) is 3. The van der Waals surface area contributed by atoms with E-state index in [-0.39, 0.29) is 47.3 Å². The van der Waals surface area contributed by atoms with Crippen molar-refractivity contribution in [3.05, 3.63) is 68.7 Å². The highest BCUT2D eigenvalue weighted by Crippen LogP contribution is 2.26. The summed E-state index contributed by atoms with van der Waals surface area (Å²) in [6.45, 7) is 1.43. The van der Waals surface area contributed by atoms with Gasteiger partial charge in [-0.25, -0.2) is 4.79 Å². The molecule has 0 radical (unpaired) electrons. The molecule has 0 unspecified atom stereocenters. The number of amidine groups is 1. The third-order valence-electron chi connectivity index (χ3n) is 4.76. The van der Waals surface area contributed by atoms with Crippen LogP contribution in [0.2, 0.25) is 10.0 Å². The molecular formula is C23H24Cl2N4O5. The number of carbonyl (C=O) groups excluding carboxylic acids is 3. The predicted octanol–water partition coefficient (Wildman–Crippen LogP) is 2.74. The van der Waals surface area contributed by atoms with Gasteiger partial charge in [-0.3, -0.25) is 19.8 Å². The van der Waals surface area contributed by atoms with Crippen molar-refractivity contribution in [1.29, 1.82) is 5.41 Å². The van der Waals surface area contributed by atoms with Gasteiger partial charge in [0.25, 0.3) is 11.8 Å². The third kappa shape index (κ3) is 7.86. The lowest BCUT2D eigenvalue weighted by Crippen LogP contribution is -2.41. The van der Waals surface area contributed by atoms with Crippen LogP contribution < -0.4 is 16.4 Å². The van der Waals surface area contributed by atoms with E-state index in [0.29, 0.717) is 11.1 Å². The van der Waals surface area contributed by atoms with E-state index in [1.54, 1.807) is 31.2 Å². The molecule has 180 valence electrons. The Kier molecular flexibility index (Phi) is 9.58. The lowest BCUT2D eigenvalue weighted by Gasteiger charge is -2.16. The van der Waals surface area contributed by atoms with Gasteiger partial charge >= 0.3 is 5.97 Å². The van der Waals surface area contributed by atoms with E-state index in [0.717, 1.165) is 5.56 Å². The predicted molar refractivity (Wildman–Crippen MR) is 129 cm³/mol. The van der Waals surface area contributed by atoms with Crippen molar-refractivity contribution in [2.45, 2.75) is 32.2 Å². The van der Waals surface area contributed by atoms with Crippen LogP contribution in [0, 0.1) is 12.3 Å². The van der Waals surface area contributed by atoms with Crippen molar-refractivity contribution >= 4 is 52.6 Å². The molecule has 6 N–H and O–H groups in total. The SMILES string of the molecule is Cc1cc(Cl)c(C(=O)N[C@@H](CCC(=O)CNC(=O)c2cccc(CC(=N)N)c2)C(=O)O)c(Cl)c1. The van der Waals surface area contributed by atoms with Gasteiger partial charge in [-0.05, 0) is 48.7 Å². The van der Waals surface area contributed by atoms with Crippen LogP contribution in [0.4, 0.5) is 0 Å². The van der Waals surface area contributed by atoms with E-state index in [2.05, 4.69) is 10.6 Å². The number of carboxylic acids is 1. The minimum absolute atomic E-state index is 0.0419. The summed E-state index contributed by atoms with van der Waals surface area (Å²) in [6.07, 6.45) is -0.191. The van der Waals surface area contributed by atoms with Gasteiger partial charge in [0.2, 0.25) is 0 Å². The van der Waals surface area contributed by atoms with Crippen molar-refractivity contribution in [3.63, 3.8) is 0 Å².